The largest absolute Gasteiger partial charge is 0.387 e. The number of hydrogen-bond donors (Lipinski definition) is 1. The number of nitro groups is 1. The first kappa shape index (κ1) is 12.8. The van der Waals surface area contributed by atoms with Crippen LogP contribution in [0.3, 0.4) is 0 Å². The molecule has 0 amide bonds. The molecule has 0 atom stereocenters. The first-order chi connectivity index (χ1) is 9.27. The number of nitro benzene ring substituents is 1. The van der Waals surface area contributed by atoms with Crippen molar-refractivity contribution in [1.29, 1.82) is 0 Å². The summed E-state index contributed by atoms with van der Waals surface area (Å²) >= 11 is 0. The molecule has 1 N–H and O–H groups in total. The number of nitrogens with zero attached hydrogens (tertiary/aromatic N) is 1. The molecule has 4 nitrogen and oxygen atoms in total. The maximum absolute atomic E-state index is 10.8. The fraction of sp³-hybridized carbons (Fsp3) is 0.0667. The molecule has 0 heterocycles. The highest BCUT2D eigenvalue weighted by Gasteiger charge is 2.08. The molecule has 4 heteroatoms. The Labute approximate surface area is 111 Å². The lowest BCUT2D eigenvalue weighted by Crippen LogP contribution is -2.03. The Balaban J connectivity index is 1.98. The van der Waals surface area contributed by atoms with Crippen molar-refractivity contribution in [1.82, 2.24) is 5.32 Å². The normalized spacial score (nSPS) is 10.5. The van der Waals surface area contributed by atoms with Crippen LogP contribution >= 0.6 is 0 Å². The van der Waals surface area contributed by atoms with Crippen LogP contribution in [0.25, 0.3) is 6.08 Å². The summed E-state index contributed by atoms with van der Waals surface area (Å²) < 4.78 is 0. The molecular weight excluding hydrogens is 240 g/mol. The summed E-state index contributed by atoms with van der Waals surface area (Å²) in [5.41, 5.74) is 1.86. The van der Waals surface area contributed by atoms with E-state index in [2.05, 4.69) is 5.32 Å². The van der Waals surface area contributed by atoms with Gasteiger partial charge in [0.15, 0.2) is 0 Å². The van der Waals surface area contributed by atoms with Gasteiger partial charge in [-0.3, -0.25) is 10.1 Å². The van der Waals surface area contributed by atoms with Gasteiger partial charge >= 0.3 is 0 Å². The van der Waals surface area contributed by atoms with Crippen molar-refractivity contribution in [3.05, 3.63) is 82.0 Å². The Bertz CT molecular complexity index is 580. The molecule has 0 unspecified atom stereocenters. The second-order valence-corrected chi connectivity index (χ2v) is 4.02. The zero-order chi connectivity index (χ0) is 13.5. The van der Waals surface area contributed by atoms with Crippen molar-refractivity contribution in [3.8, 4) is 0 Å². The molecule has 0 aliphatic heterocycles. The molecule has 19 heavy (non-hydrogen) atoms. The van der Waals surface area contributed by atoms with Gasteiger partial charge in [-0.2, -0.15) is 0 Å². The Morgan fingerprint density at radius 1 is 1.05 bits per heavy atom. The summed E-state index contributed by atoms with van der Waals surface area (Å²) in [7, 11) is 0. The molecular formula is C15H14N2O2. The summed E-state index contributed by atoms with van der Waals surface area (Å²) in [6.07, 6.45) is 3.44. The van der Waals surface area contributed by atoms with Crippen LogP contribution in [0.2, 0.25) is 0 Å². The molecule has 96 valence electrons. The van der Waals surface area contributed by atoms with Crippen molar-refractivity contribution in [2.45, 2.75) is 6.54 Å². The van der Waals surface area contributed by atoms with Crippen LogP contribution in [0.4, 0.5) is 5.69 Å². The Hall–Kier alpha value is -2.62. The molecule has 2 aromatic rings. The van der Waals surface area contributed by atoms with Crippen LogP contribution in [-0.2, 0) is 6.54 Å². The van der Waals surface area contributed by atoms with Gasteiger partial charge in [0.25, 0.3) is 5.69 Å². The van der Waals surface area contributed by atoms with Crippen molar-refractivity contribution in [2.24, 2.45) is 0 Å². The highest BCUT2D eigenvalue weighted by molar-refractivity contribution is 5.60. The minimum atomic E-state index is -0.378. The first-order valence-corrected chi connectivity index (χ1v) is 5.94. The van der Waals surface area contributed by atoms with Crippen LogP contribution in [0.5, 0.6) is 0 Å². The van der Waals surface area contributed by atoms with E-state index in [1.807, 2.05) is 30.3 Å². The van der Waals surface area contributed by atoms with E-state index < -0.39 is 0 Å². The topological polar surface area (TPSA) is 55.2 Å². The van der Waals surface area contributed by atoms with E-state index >= 15 is 0 Å². The molecule has 0 aromatic heterocycles. The zero-order valence-electron chi connectivity index (χ0n) is 10.3. The van der Waals surface area contributed by atoms with Crippen molar-refractivity contribution >= 4 is 11.8 Å². The molecule has 0 bridgehead atoms. The van der Waals surface area contributed by atoms with Gasteiger partial charge in [0.2, 0.25) is 0 Å². The monoisotopic (exact) mass is 254 g/mol. The Morgan fingerprint density at radius 3 is 2.47 bits per heavy atom. The maximum Gasteiger partial charge on any atom is 0.276 e. The molecule has 0 saturated carbocycles. The fourth-order valence-electron chi connectivity index (χ4n) is 1.72. The molecule has 0 aliphatic rings. The number of benzene rings is 2. The van der Waals surface area contributed by atoms with E-state index in [0.717, 1.165) is 5.56 Å². The lowest BCUT2D eigenvalue weighted by molar-refractivity contribution is -0.385. The van der Waals surface area contributed by atoms with E-state index in [-0.39, 0.29) is 10.6 Å². The average Bonchev–Trinajstić information content (AvgIpc) is 2.45. The van der Waals surface area contributed by atoms with Crippen LogP contribution in [0.1, 0.15) is 11.1 Å². The van der Waals surface area contributed by atoms with Gasteiger partial charge in [-0.1, -0.05) is 42.5 Å². The summed E-state index contributed by atoms with van der Waals surface area (Å²) in [4.78, 5) is 10.4. The lowest BCUT2D eigenvalue weighted by atomic mass is 10.2. The molecule has 0 saturated heterocycles. The quantitative estimate of drug-likeness (QED) is 0.657. The molecule has 0 radical (unpaired) electrons. The van der Waals surface area contributed by atoms with E-state index in [1.165, 1.54) is 6.07 Å². The van der Waals surface area contributed by atoms with E-state index in [1.54, 1.807) is 30.5 Å². The minimum Gasteiger partial charge on any atom is -0.387 e. The third kappa shape index (κ3) is 3.67. The van der Waals surface area contributed by atoms with Gasteiger partial charge in [-0.25, -0.2) is 0 Å². The smallest absolute Gasteiger partial charge is 0.276 e. The predicted octanol–water partition coefficient (Wildman–Crippen LogP) is 3.36. The third-order valence-corrected chi connectivity index (χ3v) is 2.66. The van der Waals surface area contributed by atoms with Gasteiger partial charge in [0.1, 0.15) is 0 Å². The number of nitrogens with one attached hydrogen (secondary N) is 1. The lowest BCUT2D eigenvalue weighted by Gasteiger charge is -2.01. The third-order valence-electron chi connectivity index (χ3n) is 2.66. The van der Waals surface area contributed by atoms with E-state index in [4.69, 9.17) is 0 Å². The minimum absolute atomic E-state index is 0.111. The van der Waals surface area contributed by atoms with Gasteiger partial charge in [0.05, 0.1) is 10.5 Å². The fourth-order valence-corrected chi connectivity index (χ4v) is 1.72. The van der Waals surface area contributed by atoms with Gasteiger partial charge in [0, 0.05) is 12.6 Å². The van der Waals surface area contributed by atoms with E-state index in [9.17, 15) is 10.1 Å². The summed E-state index contributed by atoms with van der Waals surface area (Å²) in [6.45, 7) is 0.692. The number of para-hydroxylation sites is 1. The highest BCUT2D eigenvalue weighted by Crippen LogP contribution is 2.18. The highest BCUT2D eigenvalue weighted by atomic mass is 16.6. The number of hydrogen-bond acceptors (Lipinski definition) is 3. The second kappa shape index (κ2) is 6.35. The standard InChI is InChI=1S/C15H14N2O2/c18-17(19)15-9-5-4-8-14(15)10-11-16-12-13-6-2-1-3-7-13/h1-11,16H,12H2. The van der Waals surface area contributed by atoms with Crippen LogP contribution in [0.15, 0.2) is 60.8 Å². The Kier molecular flexibility index (Phi) is 4.29. The molecule has 0 aliphatic carbocycles. The van der Waals surface area contributed by atoms with Gasteiger partial charge in [-0.05, 0) is 23.9 Å². The SMILES string of the molecule is O=[N+]([O-])c1ccccc1C=CNCc1ccccc1. The summed E-state index contributed by atoms with van der Waals surface area (Å²) in [6, 6.07) is 16.6. The van der Waals surface area contributed by atoms with Gasteiger partial charge < -0.3 is 5.32 Å². The van der Waals surface area contributed by atoms with Gasteiger partial charge in [-0.15, -0.1) is 0 Å². The van der Waals surface area contributed by atoms with Crippen molar-refractivity contribution in [3.63, 3.8) is 0 Å². The van der Waals surface area contributed by atoms with Crippen LogP contribution in [0, 0.1) is 10.1 Å². The zero-order valence-corrected chi connectivity index (χ0v) is 10.3. The average molecular weight is 254 g/mol. The van der Waals surface area contributed by atoms with Crippen molar-refractivity contribution in [2.75, 3.05) is 0 Å². The van der Waals surface area contributed by atoms with Crippen LogP contribution in [-0.4, -0.2) is 4.92 Å². The predicted molar refractivity (Wildman–Crippen MR) is 75.4 cm³/mol. The molecule has 2 aromatic carbocycles. The number of rotatable bonds is 5. The first-order valence-electron chi connectivity index (χ1n) is 5.94. The molecule has 2 rings (SSSR count). The molecule has 0 spiro atoms. The summed E-state index contributed by atoms with van der Waals surface area (Å²) in [5, 5.41) is 13.9. The van der Waals surface area contributed by atoms with E-state index in [0.29, 0.717) is 12.1 Å². The maximum atomic E-state index is 10.8. The molecule has 0 fully saturated rings. The Morgan fingerprint density at radius 2 is 1.74 bits per heavy atom. The second-order valence-electron chi connectivity index (χ2n) is 4.02. The summed E-state index contributed by atoms with van der Waals surface area (Å²) in [5.74, 6) is 0. The van der Waals surface area contributed by atoms with Crippen LogP contribution < -0.4 is 5.32 Å². The van der Waals surface area contributed by atoms with Crippen molar-refractivity contribution < 1.29 is 4.92 Å².